The molecule has 21 heavy (non-hydrogen) atoms. The Morgan fingerprint density at radius 2 is 2.19 bits per heavy atom. The minimum Gasteiger partial charge on any atom is -0.478 e. The van der Waals surface area contributed by atoms with Crippen molar-refractivity contribution in [3.8, 4) is 0 Å². The van der Waals surface area contributed by atoms with Gasteiger partial charge in [-0.3, -0.25) is 19.1 Å². The molecule has 2 N–H and O–H groups in total. The number of thiazole rings is 1. The molecule has 0 amide bonds. The molecule has 0 unspecified atom stereocenters. The summed E-state index contributed by atoms with van der Waals surface area (Å²) in [6, 6.07) is 4.22. The van der Waals surface area contributed by atoms with Crippen molar-refractivity contribution >= 4 is 28.3 Å². The first-order valence-electron chi connectivity index (χ1n) is 5.94. The highest BCUT2D eigenvalue weighted by molar-refractivity contribution is 7.09. The van der Waals surface area contributed by atoms with Crippen molar-refractivity contribution < 1.29 is 9.90 Å². The van der Waals surface area contributed by atoms with Crippen LogP contribution in [0.3, 0.4) is 0 Å². The van der Waals surface area contributed by atoms with Gasteiger partial charge < -0.3 is 10.1 Å². The zero-order valence-corrected chi connectivity index (χ0v) is 11.4. The second kappa shape index (κ2) is 4.98. The summed E-state index contributed by atoms with van der Waals surface area (Å²) in [6.07, 6.45) is 1.60. The van der Waals surface area contributed by atoms with Gasteiger partial charge in [0, 0.05) is 11.1 Å². The summed E-state index contributed by atoms with van der Waals surface area (Å²) in [7, 11) is 0. The maximum atomic E-state index is 12.0. The van der Waals surface area contributed by atoms with Gasteiger partial charge in [0.1, 0.15) is 0 Å². The van der Waals surface area contributed by atoms with Crippen LogP contribution in [0, 0.1) is 0 Å². The zero-order valence-electron chi connectivity index (χ0n) is 10.6. The van der Waals surface area contributed by atoms with Crippen molar-refractivity contribution in [2.75, 3.05) is 0 Å². The van der Waals surface area contributed by atoms with Crippen molar-refractivity contribution in [3.05, 3.63) is 61.1 Å². The fourth-order valence-corrected chi connectivity index (χ4v) is 2.62. The molecule has 0 bridgehead atoms. The van der Waals surface area contributed by atoms with E-state index in [9.17, 15) is 14.4 Å². The van der Waals surface area contributed by atoms with Crippen molar-refractivity contribution in [1.82, 2.24) is 14.5 Å². The van der Waals surface area contributed by atoms with Crippen LogP contribution in [0.5, 0.6) is 0 Å². The van der Waals surface area contributed by atoms with Crippen LogP contribution in [-0.2, 0) is 6.54 Å². The third-order valence-corrected chi connectivity index (χ3v) is 3.78. The van der Waals surface area contributed by atoms with E-state index in [-0.39, 0.29) is 12.1 Å². The molecular formula is C13H9N3O4S. The highest BCUT2D eigenvalue weighted by Gasteiger charge is 2.11. The number of rotatable bonds is 3. The minimum atomic E-state index is -1.10. The number of hydrogen-bond acceptors (Lipinski definition) is 5. The summed E-state index contributed by atoms with van der Waals surface area (Å²) in [6.45, 7) is 0.174. The normalized spacial score (nSPS) is 10.9. The van der Waals surface area contributed by atoms with Crippen molar-refractivity contribution in [1.29, 1.82) is 0 Å². The standard InChI is InChI=1S/C13H9N3O4S/c17-11-12(18)16(5-8-4-14-6-21-8)10-3-7(13(19)20)1-2-9(10)15-11/h1-4,6H,5H2,(H,15,17)(H,19,20). The average molecular weight is 303 g/mol. The maximum absolute atomic E-state index is 12.0. The number of hydrogen-bond donors (Lipinski definition) is 2. The molecule has 7 nitrogen and oxygen atoms in total. The zero-order chi connectivity index (χ0) is 15.0. The van der Waals surface area contributed by atoms with Crippen LogP contribution >= 0.6 is 11.3 Å². The molecule has 0 saturated carbocycles. The Kier molecular flexibility index (Phi) is 3.15. The summed E-state index contributed by atoms with van der Waals surface area (Å²) < 4.78 is 1.26. The van der Waals surface area contributed by atoms with Crippen LogP contribution in [0.1, 0.15) is 15.2 Å². The number of aromatic nitrogens is 3. The first-order valence-corrected chi connectivity index (χ1v) is 6.82. The number of nitrogens with one attached hydrogen (secondary N) is 1. The molecule has 0 spiro atoms. The minimum absolute atomic E-state index is 0.0482. The molecular weight excluding hydrogens is 294 g/mol. The quantitative estimate of drug-likeness (QED) is 0.699. The number of nitrogens with zero attached hydrogens (tertiary/aromatic N) is 2. The van der Waals surface area contributed by atoms with E-state index < -0.39 is 17.1 Å². The molecule has 0 aliphatic rings. The lowest BCUT2D eigenvalue weighted by atomic mass is 10.2. The predicted molar refractivity (Wildman–Crippen MR) is 77.0 cm³/mol. The number of carbonyl (C=O) groups is 1. The fraction of sp³-hybridized carbons (Fsp3) is 0.0769. The lowest BCUT2D eigenvalue weighted by Crippen LogP contribution is -2.36. The lowest BCUT2D eigenvalue weighted by Gasteiger charge is -2.09. The van der Waals surface area contributed by atoms with E-state index in [2.05, 4.69) is 9.97 Å². The highest BCUT2D eigenvalue weighted by atomic mass is 32.1. The Balaban J connectivity index is 2.30. The number of benzene rings is 1. The van der Waals surface area contributed by atoms with Crippen LogP contribution < -0.4 is 11.1 Å². The second-order valence-corrected chi connectivity index (χ2v) is 5.32. The highest BCUT2D eigenvalue weighted by Crippen LogP contribution is 2.14. The smallest absolute Gasteiger partial charge is 0.335 e. The van der Waals surface area contributed by atoms with E-state index in [4.69, 9.17) is 5.11 Å². The van der Waals surface area contributed by atoms with Gasteiger partial charge in [-0.2, -0.15) is 0 Å². The Hall–Kier alpha value is -2.74. The molecule has 0 saturated heterocycles. The van der Waals surface area contributed by atoms with Crippen molar-refractivity contribution in [2.45, 2.75) is 6.54 Å². The van der Waals surface area contributed by atoms with Gasteiger partial charge >= 0.3 is 17.1 Å². The molecule has 0 atom stereocenters. The largest absolute Gasteiger partial charge is 0.478 e. The number of aromatic carboxylic acids is 1. The molecule has 3 rings (SSSR count). The van der Waals surface area contributed by atoms with Gasteiger partial charge in [-0.15, -0.1) is 11.3 Å². The molecule has 2 aromatic heterocycles. The topological polar surface area (TPSA) is 105 Å². The van der Waals surface area contributed by atoms with Gasteiger partial charge in [0.2, 0.25) is 0 Å². The Bertz CT molecular complexity index is 940. The third-order valence-electron chi connectivity index (χ3n) is 3.02. The van der Waals surface area contributed by atoms with E-state index in [1.165, 1.54) is 34.1 Å². The van der Waals surface area contributed by atoms with Gasteiger partial charge in [0.25, 0.3) is 0 Å². The maximum Gasteiger partial charge on any atom is 0.335 e. The van der Waals surface area contributed by atoms with E-state index in [1.54, 1.807) is 11.7 Å². The number of carboxylic acid groups (broad SMARTS) is 1. The molecule has 1 aromatic carbocycles. The lowest BCUT2D eigenvalue weighted by molar-refractivity contribution is 0.0697. The molecule has 106 valence electrons. The Labute approximate surface area is 121 Å². The molecule has 0 aliphatic carbocycles. The third kappa shape index (κ3) is 2.36. The SMILES string of the molecule is O=C(O)c1ccc2[nH]c(=O)c(=O)n(Cc3cncs3)c2c1. The van der Waals surface area contributed by atoms with Gasteiger partial charge in [-0.05, 0) is 18.2 Å². The second-order valence-electron chi connectivity index (χ2n) is 4.35. The predicted octanol–water partition coefficient (Wildman–Crippen LogP) is 0.893. The molecule has 0 fully saturated rings. The van der Waals surface area contributed by atoms with E-state index in [0.29, 0.717) is 11.0 Å². The van der Waals surface area contributed by atoms with Crippen LogP contribution in [0.2, 0.25) is 0 Å². The summed E-state index contributed by atoms with van der Waals surface area (Å²) in [5.74, 6) is -1.10. The van der Waals surface area contributed by atoms with E-state index in [1.807, 2.05) is 0 Å². The monoisotopic (exact) mass is 303 g/mol. The van der Waals surface area contributed by atoms with Crippen LogP contribution in [0.4, 0.5) is 0 Å². The Morgan fingerprint density at radius 3 is 2.86 bits per heavy atom. The summed E-state index contributed by atoms with van der Waals surface area (Å²) >= 11 is 1.35. The number of aromatic amines is 1. The van der Waals surface area contributed by atoms with Crippen LogP contribution in [0.25, 0.3) is 11.0 Å². The number of fused-ring (bicyclic) bond motifs is 1. The van der Waals surface area contributed by atoms with Gasteiger partial charge in [0.05, 0.1) is 28.7 Å². The number of carboxylic acids is 1. The Morgan fingerprint density at radius 1 is 1.38 bits per heavy atom. The van der Waals surface area contributed by atoms with Gasteiger partial charge in [-0.1, -0.05) is 0 Å². The summed E-state index contributed by atoms with van der Waals surface area (Å²) in [4.78, 5) is 42.0. The fourth-order valence-electron chi connectivity index (χ4n) is 2.03. The molecule has 3 aromatic rings. The average Bonchev–Trinajstić information content (AvgIpc) is 2.96. The molecule has 2 heterocycles. The van der Waals surface area contributed by atoms with Gasteiger partial charge in [0.15, 0.2) is 0 Å². The summed E-state index contributed by atoms with van der Waals surface area (Å²) in [5, 5.41) is 9.05. The van der Waals surface area contributed by atoms with Crippen molar-refractivity contribution in [3.63, 3.8) is 0 Å². The first-order chi connectivity index (χ1) is 10.1. The van der Waals surface area contributed by atoms with Crippen LogP contribution in [0.15, 0.2) is 39.5 Å². The summed E-state index contributed by atoms with van der Waals surface area (Å²) in [5.41, 5.74) is 0.987. The van der Waals surface area contributed by atoms with Gasteiger partial charge in [-0.25, -0.2) is 4.79 Å². The number of H-pyrrole nitrogens is 1. The molecule has 8 heteroatoms. The van der Waals surface area contributed by atoms with Crippen LogP contribution in [-0.4, -0.2) is 25.6 Å². The molecule has 0 radical (unpaired) electrons. The first kappa shape index (κ1) is 13.3. The van der Waals surface area contributed by atoms with E-state index >= 15 is 0 Å². The van der Waals surface area contributed by atoms with E-state index in [0.717, 1.165) is 4.88 Å². The molecule has 0 aliphatic heterocycles. The van der Waals surface area contributed by atoms with Crippen molar-refractivity contribution in [2.24, 2.45) is 0 Å².